The van der Waals surface area contributed by atoms with Gasteiger partial charge in [0.2, 0.25) is 17.7 Å². The lowest BCUT2D eigenvalue weighted by Gasteiger charge is -2.36. The molecule has 3 amide bonds. The second kappa shape index (κ2) is 14.2. The summed E-state index contributed by atoms with van der Waals surface area (Å²) in [6, 6.07) is 5.55. The van der Waals surface area contributed by atoms with Crippen LogP contribution in [-0.2, 0) is 14.4 Å². The zero-order chi connectivity index (χ0) is 33.2. The molecule has 252 valence electrons. The fourth-order valence-electron chi connectivity index (χ4n) is 8.24. The molecular formula is C39H63N3O3. The second-order valence-electron chi connectivity index (χ2n) is 18.0. The molecular weight excluding hydrogens is 558 g/mol. The van der Waals surface area contributed by atoms with Crippen LogP contribution in [0.5, 0.6) is 0 Å². The molecule has 0 saturated heterocycles. The Kier molecular flexibility index (Phi) is 11.2. The molecule has 1 aromatic carbocycles. The fourth-order valence-corrected chi connectivity index (χ4v) is 8.24. The van der Waals surface area contributed by atoms with E-state index in [1.54, 1.807) is 0 Å². The minimum atomic E-state index is -0.0177. The Labute approximate surface area is 274 Å². The molecule has 0 unspecified atom stereocenters. The van der Waals surface area contributed by atoms with Gasteiger partial charge < -0.3 is 16.0 Å². The van der Waals surface area contributed by atoms with Gasteiger partial charge in [-0.25, -0.2) is 0 Å². The Bertz CT molecular complexity index is 1020. The van der Waals surface area contributed by atoms with Crippen LogP contribution in [0.2, 0.25) is 0 Å². The van der Waals surface area contributed by atoms with Crippen molar-refractivity contribution in [3.8, 4) is 0 Å². The number of carbonyl (C=O) groups excluding carboxylic acids is 3. The molecule has 6 nitrogen and oxygen atoms in total. The van der Waals surface area contributed by atoms with Crippen LogP contribution in [-0.4, -0.2) is 17.7 Å². The molecule has 3 aliphatic rings. The molecule has 3 aliphatic carbocycles. The van der Waals surface area contributed by atoms with E-state index in [9.17, 15) is 14.4 Å². The second-order valence-corrected chi connectivity index (χ2v) is 18.0. The molecule has 0 spiro atoms. The molecule has 0 aliphatic heterocycles. The van der Waals surface area contributed by atoms with Gasteiger partial charge in [0.15, 0.2) is 0 Å². The molecule has 4 rings (SSSR count). The van der Waals surface area contributed by atoms with E-state index in [1.165, 1.54) is 0 Å². The average Bonchev–Trinajstić information content (AvgIpc) is 2.96. The van der Waals surface area contributed by atoms with Gasteiger partial charge in [-0.2, -0.15) is 0 Å². The van der Waals surface area contributed by atoms with Gasteiger partial charge in [0, 0.05) is 34.8 Å². The Morgan fingerprint density at radius 3 is 0.800 bits per heavy atom. The van der Waals surface area contributed by atoms with Crippen molar-refractivity contribution in [2.45, 2.75) is 139 Å². The first-order chi connectivity index (χ1) is 20.9. The molecule has 6 heteroatoms. The third-order valence-corrected chi connectivity index (χ3v) is 11.7. The number of hydrogen-bond acceptors (Lipinski definition) is 3. The summed E-state index contributed by atoms with van der Waals surface area (Å²) in [5.41, 5.74) is 2.66. The first-order valence-corrected chi connectivity index (χ1v) is 18.0. The monoisotopic (exact) mass is 621 g/mol. The molecule has 0 heterocycles. The minimum absolute atomic E-state index is 0.0177. The van der Waals surface area contributed by atoms with Gasteiger partial charge in [0.05, 0.1) is 0 Å². The third-order valence-electron chi connectivity index (χ3n) is 11.7. The minimum Gasteiger partial charge on any atom is -0.326 e. The van der Waals surface area contributed by atoms with Gasteiger partial charge in [-0.3, -0.25) is 14.4 Å². The topological polar surface area (TPSA) is 87.3 Å². The van der Waals surface area contributed by atoms with Crippen molar-refractivity contribution in [1.82, 2.24) is 0 Å². The van der Waals surface area contributed by atoms with Crippen LogP contribution in [0.15, 0.2) is 18.2 Å². The van der Waals surface area contributed by atoms with Crippen molar-refractivity contribution < 1.29 is 14.4 Å². The maximum absolute atomic E-state index is 13.4. The summed E-state index contributed by atoms with van der Waals surface area (Å²) in [4.78, 5) is 40.3. The van der Waals surface area contributed by atoms with E-state index in [2.05, 4.69) is 78.3 Å². The molecule has 1 aromatic rings. The molecule has 3 N–H and O–H groups in total. The lowest BCUT2D eigenvalue weighted by molar-refractivity contribution is -0.122. The van der Waals surface area contributed by atoms with E-state index in [0.717, 1.165) is 77.0 Å². The standard InChI is InChI=1S/C39H63N3O3/c1-37(2,3)28-16-10-25(11-17-28)34(43)40-31-22-32(41-35(44)26-12-18-29(19-13-26)38(4,5)6)24-33(23-31)42-36(45)27-14-20-30(21-15-27)39(7,8)9/h22-30H,10-21H2,1-9H3,(H,40,43)(H,41,44)(H,42,45)/t25-,26?,27?,28-,29?,30?. The fraction of sp³-hybridized carbons (Fsp3) is 0.769. The van der Waals surface area contributed by atoms with Crippen LogP contribution in [0.25, 0.3) is 0 Å². The maximum Gasteiger partial charge on any atom is 0.227 e. The highest BCUT2D eigenvalue weighted by atomic mass is 16.2. The first kappa shape index (κ1) is 35.5. The SMILES string of the molecule is CC(C)(C)C1CCC(C(=O)Nc2cc(NC(=O)C3CCC(C(C)(C)C)CC3)cc(NC(=O)[C@H]3CC[C@H](C(C)(C)C)CC3)c2)CC1. The highest BCUT2D eigenvalue weighted by Gasteiger charge is 2.35. The summed E-state index contributed by atoms with van der Waals surface area (Å²) in [5, 5.41) is 9.46. The summed E-state index contributed by atoms with van der Waals surface area (Å²) in [6.45, 7) is 20.6. The van der Waals surface area contributed by atoms with Crippen LogP contribution in [0.4, 0.5) is 17.1 Å². The van der Waals surface area contributed by atoms with E-state index in [0.29, 0.717) is 34.8 Å². The van der Waals surface area contributed by atoms with Crippen molar-refractivity contribution in [2.75, 3.05) is 16.0 Å². The van der Waals surface area contributed by atoms with Crippen LogP contribution < -0.4 is 16.0 Å². The van der Waals surface area contributed by atoms with E-state index in [1.807, 2.05) is 18.2 Å². The van der Waals surface area contributed by atoms with Crippen molar-refractivity contribution in [3.05, 3.63) is 18.2 Å². The highest BCUT2D eigenvalue weighted by Crippen LogP contribution is 2.42. The maximum atomic E-state index is 13.4. The lowest BCUT2D eigenvalue weighted by Crippen LogP contribution is -2.32. The molecule has 3 fully saturated rings. The third kappa shape index (κ3) is 9.81. The highest BCUT2D eigenvalue weighted by molar-refractivity contribution is 5.99. The predicted octanol–water partition coefficient (Wildman–Crippen LogP) is 10.1. The van der Waals surface area contributed by atoms with Gasteiger partial charge in [0.25, 0.3) is 0 Å². The van der Waals surface area contributed by atoms with Crippen molar-refractivity contribution in [2.24, 2.45) is 51.8 Å². The van der Waals surface area contributed by atoms with Crippen LogP contribution in [0.3, 0.4) is 0 Å². The van der Waals surface area contributed by atoms with Crippen molar-refractivity contribution >= 4 is 34.8 Å². The zero-order valence-corrected chi connectivity index (χ0v) is 29.9. The zero-order valence-electron chi connectivity index (χ0n) is 29.9. The average molecular weight is 622 g/mol. The summed E-state index contributed by atoms with van der Waals surface area (Å²) in [5.74, 6) is 1.96. The lowest BCUT2D eigenvalue weighted by atomic mass is 9.69. The quantitative estimate of drug-likeness (QED) is 0.295. The first-order valence-electron chi connectivity index (χ1n) is 18.0. The Morgan fingerprint density at radius 2 is 0.622 bits per heavy atom. The van der Waals surface area contributed by atoms with E-state index >= 15 is 0 Å². The molecule has 45 heavy (non-hydrogen) atoms. The van der Waals surface area contributed by atoms with E-state index in [-0.39, 0.29) is 51.7 Å². The summed E-state index contributed by atoms with van der Waals surface area (Å²) in [6.07, 6.45) is 11.7. The van der Waals surface area contributed by atoms with Crippen molar-refractivity contribution in [3.63, 3.8) is 0 Å². The van der Waals surface area contributed by atoms with Crippen LogP contribution in [0, 0.1) is 51.8 Å². The van der Waals surface area contributed by atoms with Gasteiger partial charge in [-0.15, -0.1) is 0 Å². The van der Waals surface area contributed by atoms with Crippen molar-refractivity contribution in [1.29, 1.82) is 0 Å². The molecule has 0 atom stereocenters. The Morgan fingerprint density at radius 1 is 0.422 bits per heavy atom. The number of benzene rings is 1. The van der Waals surface area contributed by atoms with Gasteiger partial charge in [-0.1, -0.05) is 62.3 Å². The number of rotatable bonds is 6. The smallest absolute Gasteiger partial charge is 0.227 e. The molecule has 0 bridgehead atoms. The normalized spacial score (nSPS) is 28.2. The molecule has 3 saturated carbocycles. The van der Waals surface area contributed by atoms with Gasteiger partial charge in [-0.05, 0) is 129 Å². The molecule has 0 radical (unpaired) electrons. The van der Waals surface area contributed by atoms with Gasteiger partial charge in [0.1, 0.15) is 0 Å². The largest absolute Gasteiger partial charge is 0.326 e. The molecule has 0 aromatic heterocycles. The Hall–Kier alpha value is -2.37. The summed E-state index contributed by atoms with van der Waals surface area (Å²) < 4.78 is 0. The number of anilines is 3. The summed E-state index contributed by atoms with van der Waals surface area (Å²) >= 11 is 0. The number of carbonyl (C=O) groups is 3. The van der Waals surface area contributed by atoms with Crippen LogP contribution in [0.1, 0.15) is 139 Å². The van der Waals surface area contributed by atoms with Gasteiger partial charge >= 0.3 is 0 Å². The van der Waals surface area contributed by atoms with E-state index in [4.69, 9.17) is 0 Å². The van der Waals surface area contributed by atoms with E-state index < -0.39 is 0 Å². The Balaban J connectivity index is 1.45. The van der Waals surface area contributed by atoms with Crippen LogP contribution >= 0.6 is 0 Å². The predicted molar refractivity (Wildman–Crippen MR) is 187 cm³/mol. The summed E-state index contributed by atoms with van der Waals surface area (Å²) in [7, 11) is 0. The number of nitrogens with one attached hydrogen (secondary N) is 3. The number of hydrogen-bond donors (Lipinski definition) is 3. The number of amides is 3.